The van der Waals surface area contributed by atoms with Crippen LogP contribution < -0.4 is 9.47 Å². The van der Waals surface area contributed by atoms with E-state index in [1.807, 2.05) is 54.7 Å². The number of aryl methyl sites for hydroxylation is 1. The van der Waals surface area contributed by atoms with Gasteiger partial charge in [0.1, 0.15) is 0 Å². The van der Waals surface area contributed by atoms with Gasteiger partial charge in [0, 0.05) is 48.9 Å². The summed E-state index contributed by atoms with van der Waals surface area (Å²) in [6.45, 7) is 1.34. The third-order valence-electron chi connectivity index (χ3n) is 4.92. The molecule has 146 valence electrons. The van der Waals surface area contributed by atoms with Crippen LogP contribution in [0.3, 0.4) is 0 Å². The van der Waals surface area contributed by atoms with E-state index >= 15 is 0 Å². The summed E-state index contributed by atoms with van der Waals surface area (Å²) in [5.74, 6) is 1.36. The molecule has 2 heterocycles. The van der Waals surface area contributed by atoms with Gasteiger partial charge in [0.05, 0.1) is 12.5 Å². The fourth-order valence-corrected chi connectivity index (χ4v) is 3.44. The van der Waals surface area contributed by atoms with Crippen molar-refractivity contribution in [3.8, 4) is 17.6 Å². The molecule has 1 amide bonds. The van der Waals surface area contributed by atoms with Gasteiger partial charge in [-0.3, -0.25) is 4.79 Å². The van der Waals surface area contributed by atoms with Gasteiger partial charge in [0.25, 0.3) is 0 Å². The summed E-state index contributed by atoms with van der Waals surface area (Å²) in [6, 6.07) is 15.9. The summed E-state index contributed by atoms with van der Waals surface area (Å²) < 4.78 is 12.8. The lowest BCUT2D eigenvalue weighted by atomic mass is 10.1. The summed E-state index contributed by atoms with van der Waals surface area (Å²) in [5, 5.41) is 9.94. The summed E-state index contributed by atoms with van der Waals surface area (Å²) in [4.78, 5) is 14.3. The molecule has 0 saturated heterocycles. The molecule has 0 bridgehead atoms. The highest BCUT2D eigenvalue weighted by Crippen LogP contribution is 2.32. The van der Waals surface area contributed by atoms with Crippen LogP contribution in [0.5, 0.6) is 11.5 Å². The Hall–Kier alpha value is -3.72. The van der Waals surface area contributed by atoms with Crippen molar-refractivity contribution in [3.05, 3.63) is 65.9 Å². The fourth-order valence-electron chi connectivity index (χ4n) is 3.44. The van der Waals surface area contributed by atoms with Gasteiger partial charge in [0.15, 0.2) is 11.5 Å². The number of fused-ring (bicyclic) bond motifs is 2. The van der Waals surface area contributed by atoms with Gasteiger partial charge in [-0.15, -0.1) is 0 Å². The van der Waals surface area contributed by atoms with Crippen molar-refractivity contribution < 1.29 is 14.3 Å². The van der Waals surface area contributed by atoms with Crippen LogP contribution in [-0.2, 0) is 17.9 Å². The van der Waals surface area contributed by atoms with Crippen LogP contribution in [0.1, 0.15) is 17.5 Å². The van der Waals surface area contributed by atoms with Crippen LogP contribution in [0.2, 0.25) is 0 Å². The summed E-state index contributed by atoms with van der Waals surface area (Å²) in [7, 11) is 1.77. The van der Waals surface area contributed by atoms with Crippen LogP contribution in [0, 0.1) is 11.3 Å². The maximum Gasteiger partial charge on any atom is 0.246 e. The molecule has 0 atom stereocenters. The number of amides is 1. The fraction of sp³-hybridized carbons (Fsp3) is 0.217. The van der Waals surface area contributed by atoms with Gasteiger partial charge >= 0.3 is 0 Å². The SMILES string of the molecule is CN(Cc1ccc2c(c1)OCO2)C(=O)/C=C/c1cn(CCC#N)c2ccccc12. The molecule has 1 aromatic heterocycles. The summed E-state index contributed by atoms with van der Waals surface area (Å²) >= 11 is 0. The first-order valence-corrected chi connectivity index (χ1v) is 9.42. The van der Waals surface area contributed by atoms with Crippen molar-refractivity contribution in [2.24, 2.45) is 0 Å². The van der Waals surface area contributed by atoms with Gasteiger partial charge in [-0.1, -0.05) is 24.3 Å². The molecule has 6 heteroatoms. The molecular weight excluding hydrogens is 366 g/mol. The molecule has 4 rings (SSSR count). The summed E-state index contributed by atoms with van der Waals surface area (Å²) in [6.07, 6.45) is 5.86. The predicted octanol–water partition coefficient (Wildman–Crippen LogP) is 3.96. The molecule has 0 N–H and O–H groups in total. The number of rotatable bonds is 6. The Bertz CT molecular complexity index is 1120. The third kappa shape index (κ3) is 3.94. The monoisotopic (exact) mass is 387 g/mol. The largest absolute Gasteiger partial charge is 0.454 e. The highest BCUT2D eigenvalue weighted by atomic mass is 16.7. The van der Waals surface area contributed by atoms with Crippen molar-refractivity contribution in [2.75, 3.05) is 13.8 Å². The number of benzene rings is 2. The topological polar surface area (TPSA) is 67.5 Å². The Labute approximate surface area is 169 Å². The number of nitriles is 1. The minimum Gasteiger partial charge on any atom is -0.454 e. The molecule has 6 nitrogen and oxygen atoms in total. The van der Waals surface area contributed by atoms with Crippen molar-refractivity contribution in [1.82, 2.24) is 9.47 Å². The lowest BCUT2D eigenvalue weighted by Gasteiger charge is -2.15. The second kappa shape index (κ2) is 8.11. The zero-order valence-corrected chi connectivity index (χ0v) is 16.2. The molecule has 0 aliphatic carbocycles. The van der Waals surface area contributed by atoms with Gasteiger partial charge in [-0.05, 0) is 29.8 Å². The number of hydrogen-bond donors (Lipinski definition) is 0. The van der Waals surface area contributed by atoms with Gasteiger partial charge < -0.3 is 18.9 Å². The van der Waals surface area contributed by atoms with Crippen molar-refractivity contribution >= 4 is 22.9 Å². The smallest absolute Gasteiger partial charge is 0.246 e. The first-order chi connectivity index (χ1) is 14.2. The van der Waals surface area contributed by atoms with Crippen molar-refractivity contribution in [1.29, 1.82) is 5.26 Å². The van der Waals surface area contributed by atoms with E-state index in [0.29, 0.717) is 25.3 Å². The van der Waals surface area contributed by atoms with Crippen LogP contribution >= 0.6 is 0 Å². The number of carbonyl (C=O) groups is 1. The van der Waals surface area contributed by atoms with Crippen molar-refractivity contribution in [3.63, 3.8) is 0 Å². The van der Waals surface area contributed by atoms with E-state index in [4.69, 9.17) is 14.7 Å². The van der Waals surface area contributed by atoms with E-state index in [2.05, 4.69) is 10.6 Å². The van der Waals surface area contributed by atoms with Crippen LogP contribution in [-0.4, -0.2) is 29.2 Å². The molecule has 0 unspecified atom stereocenters. The lowest BCUT2D eigenvalue weighted by molar-refractivity contribution is -0.125. The number of nitrogens with zero attached hydrogens (tertiary/aromatic N) is 3. The molecule has 0 radical (unpaired) electrons. The Morgan fingerprint density at radius 2 is 2.07 bits per heavy atom. The Morgan fingerprint density at radius 1 is 1.24 bits per heavy atom. The number of carbonyl (C=O) groups excluding carboxylic acids is 1. The van der Waals surface area contributed by atoms with E-state index in [1.54, 1.807) is 18.0 Å². The lowest BCUT2D eigenvalue weighted by Crippen LogP contribution is -2.24. The minimum atomic E-state index is -0.0866. The molecule has 0 saturated carbocycles. The second-order valence-electron chi connectivity index (χ2n) is 6.92. The molecule has 2 aromatic carbocycles. The molecule has 0 fully saturated rings. The molecule has 3 aromatic rings. The third-order valence-corrected chi connectivity index (χ3v) is 4.92. The first kappa shape index (κ1) is 18.6. The average molecular weight is 387 g/mol. The van der Waals surface area contributed by atoms with Crippen molar-refractivity contribution in [2.45, 2.75) is 19.5 Å². The number of ether oxygens (including phenoxy) is 2. The highest BCUT2D eigenvalue weighted by Gasteiger charge is 2.15. The van der Waals surface area contributed by atoms with E-state index in [1.165, 1.54) is 0 Å². The maximum atomic E-state index is 12.6. The number of likely N-dealkylation sites (N-methyl/N-ethyl adjacent to an activating group) is 1. The van der Waals surface area contributed by atoms with E-state index in [-0.39, 0.29) is 12.7 Å². The minimum absolute atomic E-state index is 0.0866. The number of hydrogen-bond acceptors (Lipinski definition) is 4. The van der Waals surface area contributed by atoms with Gasteiger partial charge in [0.2, 0.25) is 12.7 Å². The zero-order valence-electron chi connectivity index (χ0n) is 16.2. The van der Waals surface area contributed by atoms with Gasteiger partial charge in [-0.2, -0.15) is 5.26 Å². The Balaban J connectivity index is 1.48. The average Bonchev–Trinajstić information content (AvgIpc) is 3.34. The molecule has 0 spiro atoms. The highest BCUT2D eigenvalue weighted by molar-refractivity contribution is 5.96. The first-order valence-electron chi connectivity index (χ1n) is 9.42. The second-order valence-corrected chi connectivity index (χ2v) is 6.92. The van der Waals surface area contributed by atoms with Gasteiger partial charge in [-0.25, -0.2) is 0 Å². The molecular formula is C23H21N3O3. The van der Waals surface area contributed by atoms with E-state index in [0.717, 1.165) is 27.8 Å². The zero-order chi connectivity index (χ0) is 20.2. The van der Waals surface area contributed by atoms with E-state index < -0.39 is 0 Å². The van der Waals surface area contributed by atoms with Crippen LogP contribution in [0.15, 0.2) is 54.7 Å². The summed E-state index contributed by atoms with van der Waals surface area (Å²) in [5.41, 5.74) is 3.00. The normalized spacial score (nSPS) is 12.4. The Morgan fingerprint density at radius 3 is 2.93 bits per heavy atom. The molecule has 1 aliphatic heterocycles. The van der Waals surface area contributed by atoms with E-state index in [9.17, 15) is 4.79 Å². The number of para-hydroxylation sites is 1. The molecule has 29 heavy (non-hydrogen) atoms. The maximum absolute atomic E-state index is 12.6. The molecule has 1 aliphatic rings. The van der Waals surface area contributed by atoms with Crippen LogP contribution in [0.4, 0.5) is 0 Å². The van der Waals surface area contributed by atoms with Crippen LogP contribution in [0.25, 0.3) is 17.0 Å². The standard InChI is InChI=1S/C23H21N3O3/c1-25(14-17-7-9-21-22(13-17)29-16-28-21)23(27)10-8-18-15-26(12-4-11-24)20-6-3-2-5-19(18)20/h2-3,5-10,13,15H,4,12,14,16H2,1H3/b10-8+. The predicted molar refractivity (Wildman–Crippen MR) is 110 cm³/mol. The quantitative estimate of drug-likeness (QED) is 0.601. The Kier molecular flexibility index (Phi) is 5.21. The number of aromatic nitrogens is 1.